The standard InChI is InChI=1S/C15H13BrCl2O2/c1-19-14-7-11(8-16)6-13(18)15(14)20-9-10-3-2-4-12(17)5-10/h2-7H,8-9H2,1H3. The van der Waals surface area contributed by atoms with Gasteiger partial charge in [-0.1, -0.05) is 51.3 Å². The third kappa shape index (κ3) is 3.81. The Morgan fingerprint density at radius 1 is 1.10 bits per heavy atom. The minimum Gasteiger partial charge on any atom is -0.493 e. The van der Waals surface area contributed by atoms with Gasteiger partial charge in [-0.25, -0.2) is 0 Å². The number of benzene rings is 2. The van der Waals surface area contributed by atoms with Crippen LogP contribution in [0.25, 0.3) is 0 Å². The minimum absolute atomic E-state index is 0.379. The van der Waals surface area contributed by atoms with Gasteiger partial charge in [-0.15, -0.1) is 0 Å². The van der Waals surface area contributed by atoms with Crippen molar-refractivity contribution in [3.05, 3.63) is 57.6 Å². The first-order chi connectivity index (χ1) is 9.63. The van der Waals surface area contributed by atoms with Gasteiger partial charge < -0.3 is 9.47 Å². The van der Waals surface area contributed by atoms with Crippen LogP contribution in [0.15, 0.2) is 36.4 Å². The van der Waals surface area contributed by atoms with E-state index in [0.29, 0.717) is 33.5 Å². The van der Waals surface area contributed by atoms with Crippen LogP contribution in [0, 0.1) is 0 Å². The summed E-state index contributed by atoms with van der Waals surface area (Å²) in [5.74, 6) is 1.16. The number of hydrogen-bond acceptors (Lipinski definition) is 2. The molecule has 0 unspecified atom stereocenters. The number of methoxy groups -OCH3 is 1. The lowest BCUT2D eigenvalue weighted by Gasteiger charge is -2.13. The molecule has 0 amide bonds. The van der Waals surface area contributed by atoms with Crippen LogP contribution in [-0.4, -0.2) is 7.11 Å². The molecule has 0 aliphatic rings. The average Bonchev–Trinajstić information content (AvgIpc) is 2.45. The van der Waals surface area contributed by atoms with Crippen LogP contribution in [-0.2, 0) is 11.9 Å². The second-order valence-electron chi connectivity index (χ2n) is 4.16. The van der Waals surface area contributed by atoms with Crippen molar-refractivity contribution in [3.63, 3.8) is 0 Å². The van der Waals surface area contributed by atoms with Gasteiger partial charge in [0.1, 0.15) is 6.61 Å². The van der Waals surface area contributed by atoms with E-state index >= 15 is 0 Å². The molecule has 0 spiro atoms. The first-order valence-electron chi connectivity index (χ1n) is 5.93. The number of rotatable bonds is 5. The van der Waals surface area contributed by atoms with Crippen LogP contribution in [0.3, 0.4) is 0 Å². The fourth-order valence-corrected chi connectivity index (χ4v) is 2.60. The summed E-state index contributed by atoms with van der Waals surface area (Å²) >= 11 is 15.6. The van der Waals surface area contributed by atoms with Crippen molar-refractivity contribution in [2.24, 2.45) is 0 Å². The smallest absolute Gasteiger partial charge is 0.180 e. The third-order valence-electron chi connectivity index (χ3n) is 2.72. The highest BCUT2D eigenvalue weighted by Gasteiger charge is 2.12. The van der Waals surface area contributed by atoms with Crippen LogP contribution in [0.2, 0.25) is 10.0 Å². The van der Waals surface area contributed by atoms with Crippen LogP contribution in [0.5, 0.6) is 11.5 Å². The van der Waals surface area contributed by atoms with Gasteiger partial charge in [0.15, 0.2) is 11.5 Å². The maximum absolute atomic E-state index is 6.24. The molecule has 0 heterocycles. The van der Waals surface area contributed by atoms with E-state index in [-0.39, 0.29) is 0 Å². The van der Waals surface area contributed by atoms with E-state index in [0.717, 1.165) is 11.1 Å². The van der Waals surface area contributed by atoms with Gasteiger partial charge in [-0.2, -0.15) is 0 Å². The van der Waals surface area contributed by atoms with E-state index in [1.54, 1.807) is 7.11 Å². The molecule has 106 valence electrons. The summed E-state index contributed by atoms with van der Waals surface area (Å²) in [5, 5.41) is 1.91. The number of halogens is 3. The molecule has 0 saturated heterocycles. The Hall–Kier alpha value is -0.900. The van der Waals surface area contributed by atoms with Gasteiger partial charge in [-0.05, 0) is 35.4 Å². The Kier molecular flexibility index (Phi) is 5.58. The summed E-state index contributed by atoms with van der Waals surface area (Å²) in [6, 6.07) is 11.3. The molecular weight excluding hydrogens is 363 g/mol. The van der Waals surface area contributed by atoms with Crippen molar-refractivity contribution in [3.8, 4) is 11.5 Å². The largest absolute Gasteiger partial charge is 0.493 e. The lowest BCUT2D eigenvalue weighted by molar-refractivity contribution is 0.284. The Morgan fingerprint density at radius 2 is 1.90 bits per heavy atom. The Morgan fingerprint density at radius 3 is 2.55 bits per heavy atom. The maximum atomic E-state index is 6.24. The van der Waals surface area contributed by atoms with Crippen molar-refractivity contribution in [1.82, 2.24) is 0 Å². The lowest BCUT2D eigenvalue weighted by Crippen LogP contribution is -1.99. The summed E-state index contributed by atoms with van der Waals surface area (Å²) in [7, 11) is 1.59. The van der Waals surface area contributed by atoms with E-state index in [1.165, 1.54) is 0 Å². The molecule has 0 aromatic heterocycles. The molecule has 0 aliphatic carbocycles. The highest BCUT2D eigenvalue weighted by molar-refractivity contribution is 9.08. The molecular formula is C15H13BrCl2O2. The first kappa shape index (κ1) is 15.5. The molecule has 0 saturated carbocycles. The van der Waals surface area contributed by atoms with E-state index in [1.807, 2.05) is 36.4 Å². The average molecular weight is 376 g/mol. The van der Waals surface area contributed by atoms with Crippen LogP contribution >= 0.6 is 39.1 Å². The Bertz CT molecular complexity index is 602. The van der Waals surface area contributed by atoms with E-state index in [9.17, 15) is 0 Å². The summed E-state index contributed by atoms with van der Waals surface area (Å²) < 4.78 is 11.1. The summed E-state index contributed by atoms with van der Waals surface area (Å²) in [4.78, 5) is 0. The van der Waals surface area contributed by atoms with Gasteiger partial charge >= 0.3 is 0 Å². The molecule has 2 nitrogen and oxygen atoms in total. The zero-order valence-corrected chi connectivity index (χ0v) is 13.9. The fourth-order valence-electron chi connectivity index (χ4n) is 1.77. The summed E-state index contributed by atoms with van der Waals surface area (Å²) in [6.45, 7) is 0.379. The molecule has 20 heavy (non-hydrogen) atoms. The second kappa shape index (κ2) is 7.21. The molecule has 0 atom stereocenters. The lowest BCUT2D eigenvalue weighted by atomic mass is 10.2. The van der Waals surface area contributed by atoms with Crippen molar-refractivity contribution in [2.45, 2.75) is 11.9 Å². The molecule has 2 aromatic rings. The first-order valence-corrected chi connectivity index (χ1v) is 7.81. The Labute approximate surface area is 136 Å². The quantitative estimate of drug-likeness (QED) is 0.644. The van der Waals surface area contributed by atoms with Gasteiger partial charge in [0.25, 0.3) is 0 Å². The van der Waals surface area contributed by atoms with Gasteiger partial charge in [0.05, 0.1) is 12.1 Å². The zero-order chi connectivity index (χ0) is 14.5. The SMILES string of the molecule is COc1cc(CBr)cc(Cl)c1OCc1cccc(Cl)c1. The Balaban J connectivity index is 2.20. The molecule has 2 rings (SSSR count). The summed E-state index contributed by atoms with van der Waals surface area (Å²) in [6.07, 6.45) is 0. The van der Waals surface area contributed by atoms with E-state index in [4.69, 9.17) is 32.7 Å². The topological polar surface area (TPSA) is 18.5 Å². The number of ether oxygens (including phenoxy) is 2. The van der Waals surface area contributed by atoms with Gasteiger partial charge in [-0.3, -0.25) is 0 Å². The monoisotopic (exact) mass is 374 g/mol. The molecule has 2 aromatic carbocycles. The number of alkyl halides is 1. The maximum Gasteiger partial charge on any atom is 0.180 e. The van der Waals surface area contributed by atoms with E-state index < -0.39 is 0 Å². The zero-order valence-electron chi connectivity index (χ0n) is 10.8. The van der Waals surface area contributed by atoms with Crippen LogP contribution < -0.4 is 9.47 Å². The molecule has 0 aliphatic heterocycles. The fraction of sp³-hybridized carbons (Fsp3) is 0.200. The van der Waals surface area contributed by atoms with Crippen LogP contribution in [0.4, 0.5) is 0 Å². The minimum atomic E-state index is 0.379. The molecule has 0 radical (unpaired) electrons. The van der Waals surface area contributed by atoms with Gasteiger partial charge in [0, 0.05) is 10.4 Å². The van der Waals surface area contributed by atoms with Crippen LogP contribution in [0.1, 0.15) is 11.1 Å². The molecule has 5 heteroatoms. The summed E-state index contributed by atoms with van der Waals surface area (Å²) in [5.41, 5.74) is 2.00. The third-order valence-corrected chi connectivity index (χ3v) is 3.88. The van der Waals surface area contributed by atoms with Crippen molar-refractivity contribution in [2.75, 3.05) is 7.11 Å². The predicted octanol–water partition coefficient (Wildman–Crippen LogP) is 5.48. The molecule has 0 fully saturated rings. The van der Waals surface area contributed by atoms with Crippen molar-refractivity contribution >= 4 is 39.1 Å². The predicted molar refractivity (Wildman–Crippen MR) is 86.4 cm³/mol. The van der Waals surface area contributed by atoms with Crippen molar-refractivity contribution in [1.29, 1.82) is 0 Å². The van der Waals surface area contributed by atoms with E-state index in [2.05, 4.69) is 15.9 Å². The normalized spacial score (nSPS) is 10.4. The second-order valence-corrected chi connectivity index (χ2v) is 5.57. The number of hydrogen-bond donors (Lipinski definition) is 0. The van der Waals surface area contributed by atoms with Gasteiger partial charge in [0.2, 0.25) is 0 Å². The van der Waals surface area contributed by atoms with Crippen molar-refractivity contribution < 1.29 is 9.47 Å². The molecule has 0 bridgehead atoms. The highest BCUT2D eigenvalue weighted by Crippen LogP contribution is 2.37. The highest BCUT2D eigenvalue weighted by atomic mass is 79.9. The molecule has 0 N–H and O–H groups in total.